The second-order valence-electron chi connectivity index (χ2n) is 10.9. The van der Waals surface area contributed by atoms with Crippen molar-refractivity contribution in [2.75, 3.05) is 36.8 Å². The summed E-state index contributed by atoms with van der Waals surface area (Å²) in [7, 11) is -7.02. The Morgan fingerprint density at radius 1 is 1.09 bits per heavy atom. The van der Waals surface area contributed by atoms with E-state index in [1.165, 1.54) is 37.4 Å². The predicted molar refractivity (Wildman–Crippen MR) is 158 cm³/mol. The molecule has 3 aromatic carbocycles. The first-order valence-electron chi connectivity index (χ1n) is 13.2. The highest BCUT2D eigenvalue weighted by molar-refractivity contribution is 7.92. The fourth-order valence-corrected chi connectivity index (χ4v) is 8.09. The van der Waals surface area contributed by atoms with Crippen molar-refractivity contribution in [2.24, 2.45) is 5.41 Å². The number of fused-ring (bicyclic) bond motifs is 1. The fraction of sp³-hybridized carbons (Fsp3) is 0.310. The number of rotatable bonds is 9. The van der Waals surface area contributed by atoms with Gasteiger partial charge in [0.05, 0.1) is 18.3 Å². The van der Waals surface area contributed by atoms with Gasteiger partial charge in [0.15, 0.2) is 5.82 Å². The number of esters is 1. The van der Waals surface area contributed by atoms with Gasteiger partial charge < -0.3 is 9.47 Å². The van der Waals surface area contributed by atoms with Gasteiger partial charge in [-0.1, -0.05) is 48.5 Å². The number of nitrogens with zero attached hydrogens (tertiary/aromatic N) is 2. The van der Waals surface area contributed by atoms with E-state index in [0.717, 1.165) is 5.56 Å². The van der Waals surface area contributed by atoms with E-state index in [1.54, 1.807) is 42.5 Å². The molecule has 0 saturated carbocycles. The standard InChI is InChI=1S/C29H30FN3O8S2/c1-29(2,28(35)40-3)18-42(36,37)32-12-11-22(15-32)20-9-10-21-14-24(41-17-19-7-5-4-6-8-19)27(26(30)23(21)13-20)33-16-25(34)31-43(33,38)39/h4-11,13-14H,12,15-18H2,1-3H3,(H,31,34). The van der Waals surface area contributed by atoms with E-state index in [4.69, 9.17) is 9.47 Å². The van der Waals surface area contributed by atoms with Crippen LogP contribution in [0, 0.1) is 11.2 Å². The molecule has 0 radical (unpaired) electrons. The Bertz CT molecular complexity index is 1860. The zero-order valence-corrected chi connectivity index (χ0v) is 25.3. The van der Waals surface area contributed by atoms with Gasteiger partial charge in [0, 0.05) is 18.5 Å². The minimum Gasteiger partial charge on any atom is -0.487 e. The average Bonchev–Trinajstić information content (AvgIpc) is 3.56. The number of anilines is 1. The fourth-order valence-electron chi connectivity index (χ4n) is 5.08. The lowest BCUT2D eigenvalue weighted by atomic mass is 9.97. The summed E-state index contributed by atoms with van der Waals surface area (Å²) in [6.45, 7) is 2.45. The van der Waals surface area contributed by atoms with Crippen LogP contribution in [0.2, 0.25) is 0 Å². The van der Waals surface area contributed by atoms with Crippen LogP contribution in [0.1, 0.15) is 25.0 Å². The Morgan fingerprint density at radius 2 is 1.81 bits per heavy atom. The summed E-state index contributed by atoms with van der Waals surface area (Å²) < 4.78 is 82.3. The normalized spacial score (nSPS) is 17.2. The monoisotopic (exact) mass is 631 g/mol. The van der Waals surface area contributed by atoms with Crippen LogP contribution in [0.15, 0.2) is 60.7 Å². The van der Waals surface area contributed by atoms with Gasteiger partial charge in [0.25, 0.3) is 5.91 Å². The van der Waals surface area contributed by atoms with Crippen molar-refractivity contribution in [2.45, 2.75) is 20.5 Å². The molecule has 2 aliphatic rings. The molecule has 43 heavy (non-hydrogen) atoms. The number of methoxy groups -OCH3 is 1. The number of ether oxygens (including phenoxy) is 2. The summed E-state index contributed by atoms with van der Waals surface area (Å²) in [5.74, 6) is -2.88. The number of sulfonamides is 1. The molecule has 0 aromatic heterocycles. The number of carbonyl (C=O) groups is 2. The van der Waals surface area contributed by atoms with Crippen molar-refractivity contribution < 1.29 is 40.3 Å². The van der Waals surface area contributed by atoms with Crippen molar-refractivity contribution in [1.29, 1.82) is 0 Å². The lowest BCUT2D eigenvalue weighted by Gasteiger charge is -2.25. The smallest absolute Gasteiger partial charge is 0.326 e. The lowest BCUT2D eigenvalue weighted by molar-refractivity contribution is -0.149. The van der Waals surface area contributed by atoms with E-state index < -0.39 is 61.3 Å². The molecule has 1 saturated heterocycles. The van der Waals surface area contributed by atoms with E-state index in [1.807, 2.05) is 10.8 Å². The van der Waals surface area contributed by atoms with Crippen LogP contribution < -0.4 is 13.8 Å². The molecular formula is C29H30FN3O8S2. The molecule has 2 aliphatic heterocycles. The summed E-state index contributed by atoms with van der Waals surface area (Å²) in [5, 5.41) is 0.468. The highest BCUT2D eigenvalue weighted by Gasteiger charge is 2.40. The van der Waals surface area contributed by atoms with Crippen LogP contribution in [-0.2, 0) is 41.2 Å². The Balaban J connectivity index is 1.49. The number of hydrogen-bond donors (Lipinski definition) is 1. The summed E-state index contributed by atoms with van der Waals surface area (Å²) in [6.07, 6.45) is 1.70. The van der Waals surface area contributed by atoms with Gasteiger partial charge in [0.1, 0.15) is 24.6 Å². The second-order valence-corrected chi connectivity index (χ2v) is 14.5. The van der Waals surface area contributed by atoms with Gasteiger partial charge in [-0.15, -0.1) is 0 Å². The molecule has 5 rings (SSSR count). The average molecular weight is 632 g/mol. The SMILES string of the molecule is COC(=O)C(C)(C)CS(=O)(=O)N1CC=C(c2ccc3cc(OCc4ccccc4)c(N4CC(=O)NS4(=O)=O)c(F)c3c2)C1. The van der Waals surface area contributed by atoms with E-state index in [9.17, 15) is 26.4 Å². The van der Waals surface area contributed by atoms with Crippen LogP contribution in [0.5, 0.6) is 5.75 Å². The summed E-state index contributed by atoms with van der Waals surface area (Å²) >= 11 is 0. The largest absolute Gasteiger partial charge is 0.487 e. The van der Waals surface area contributed by atoms with Crippen LogP contribution >= 0.6 is 0 Å². The van der Waals surface area contributed by atoms with Crippen molar-refractivity contribution in [3.05, 3.63) is 77.6 Å². The second kappa shape index (κ2) is 11.2. The molecule has 2 heterocycles. The summed E-state index contributed by atoms with van der Waals surface area (Å²) in [4.78, 5) is 24.1. The minimum atomic E-state index is -4.36. The molecule has 0 aliphatic carbocycles. The van der Waals surface area contributed by atoms with Gasteiger partial charge in [0.2, 0.25) is 10.0 Å². The first-order chi connectivity index (χ1) is 20.2. The zero-order chi connectivity index (χ0) is 31.2. The number of halogens is 1. The lowest BCUT2D eigenvalue weighted by Crippen LogP contribution is -2.40. The minimum absolute atomic E-state index is 0.00321. The molecule has 0 unspecified atom stereocenters. The third-order valence-corrected chi connectivity index (χ3v) is 10.8. The molecular weight excluding hydrogens is 601 g/mol. The number of nitrogens with one attached hydrogen (secondary N) is 1. The Labute approximate surface area is 249 Å². The summed E-state index contributed by atoms with van der Waals surface area (Å²) in [5.41, 5.74) is 0.237. The topological polar surface area (TPSA) is 139 Å². The van der Waals surface area contributed by atoms with E-state index in [2.05, 4.69) is 0 Å². The van der Waals surface area contributed by atoms with Crippen molar-refractivity contribution in [3.63, 3.8) is 0 Å². The molecule has 0 spiro atoms. The Kier molecular flexibility index (Phi) is 7.96. The van der Waals surface area contributed by atoms with Crippen LogP contribution in [0.3, 0.4) is 0 Å². The molecule has 14 heteroatoms. The van der Waals surface area contributed by atoms with Crippen LogP contribution in [0.25, 0.3) is 16.3 Å². The predicted octanol–water partition coefficient (Wildman–Crippen LogP) is 2.97. The maximum atomic E-state index is 16.3. The van der Waals surface area contributed by atoms with Gasteiger partial charge in [-0.3, -0.25) is 9.59 Å². The number of benzene rings is 3. The number of amides is 1. The molecule has 1 N–H and O–H groups in total. The first kappa shape index (κ1) is 30.4. The Hall–Kier alpha value is -4.01. The highest BCUT2D eigenvalue weighted by atomic mass is 32.2. The third-order valence-electron chi connectivity index (χ3n) is 7.26. The van der Waals surface area contributed by atoms with Gasteiger partial charge in [-0.2, -0.15) is 12.7 Å². The molecule has 1 fully saturated rings. The number of carbonyl (C=O) groups excluding carboxylic acids is 2. The highest BCUT2D eigenvalue weighted by Crippen LogP contribution is 2.41. The van der Waals surface area contributed by atoms with Crippen molar-refractivity contribution >= 4 is 54.1 Å². The first-order valence-corrected chi connectivity index (χ1v) is 16.3. The maximum Gasteiger partial charge on any atom is 0.326 e. The van der Waals surface area contributed by atoms with E-state index >= 15 is 4.39 Å². The molecule has 11 nitrogen and oxygen atoms in total. The van der Waals surface area contributed by atoms with Gasteiger partial charge >= 0.3 is 16.2 Å². The molecule has 0 atom stereocenters. The summed E-state index contributed by atoms with van der Waals surface area (Å²) in [6, 6.07) is 15.4. The molecule has 1 amide bonds. The number of hydrogen-bond acceptors (Lipinski definition) is 8. The third kappa shape index (κ3) is 6.08. The molecule has 0 bridgehead atoms. The van der Waals surface area contributed by atoms with Gasteiger partial charge in [-0.25, -0.2) is 21.8 Å². The Morgan fingerprint density at radius 3 is 2.47 bits per heavy atom. The maximum absolute atomic E-state index is 16.3. The van der Waals surface area contributed by atoms with E-state index in [0.29, 0.717) is 20.8 Å². The van der Waals surface area contributed by atoms with Crippen LogP contribution in [0.4, 0.5) is 10.1 Å². The zero-order valence-electron chi connectivity index (χ0n) is 23.7. The molecule has 228 valence electrons. The van der Waals surface area contributed by atoms with Gasteiger partial charge in [-0.05, 0) is 48.1 Å². The molecule has 3 aromatic rings. The van der Waals surface area contributed by atoms with Crippen LogP contribution in [-0.4, -0.2) is 65.5 Å². The quantitative estimate of drug-likeness (QED) is 0.356. The van der Waals surface area contributed by atoms with E-state index in [-0.39, 0.29) is 30.8 Å². The van der Waals surface area contributed by atoms with Crippen molar-refractivity contribution in [1.82, 2.24) is 9.03 Å². The van der Waals surface area contributed by atoms with Crippen molar-refractivity contribution in [3.8, 4) is 5.75 Å².